The van der Waals surface area contributed by atoms with Gasteiger partial charge in [-0.1, -0.05) is 19.1 Å². The Balaban J connectivity index is 2.13. The van der Waals surface area contributed by atoms with E-state index < -0.39 is 9.84 Å². The number of sulfone groups is 1. The van der Waals surface area contributed by atoms with Gasteiger partial charge in [0, 0.05) is 0 Å². The number of hydrogen-bond acceptors (Lipinski definition) is 5. The molecule has 1 heterocycles. The normalized spacial score (nSPS) is 11.9. The molecule has 1 aromatic heterocycles. The van der Waals surface area contributed by atoms with E-state index in [1.165, 1.54) is 0 Å². The number of ether oxygens (including phenoxy) is 1. The molecule has 0 aliphatic heterocycles. The quantitative estimate of drug-likeness (QED) is 0.846. The van der Waals surface area contributed by atoms with Crippen LogP contribution in [0.15, 0.2) is 28.7 Å². The summed E-state index contributed by atoms with van der Waals surface area (Å²) < 4.78 is 34.5. The summed E-state index contributed by atoms with van der Waals surface area (Å²) in [5.74, 6) is 1.28. The van der Waals surface area contributed by atoms with E-state index >= 15 is 0 Å². The third kappa shape index (κ3) is 3.32. The Kier molecular flexibility index (Phi) is 4.67. The Labute approximate surface area is 118 Å². The van der Waals surface area contributed by atoms with E-state index in [1.54, 1.807) is 0 Å². The highest BCUT2D eigenvalue weighted by Crippen LogP contribution is 2.32. The van der Waals surface area contributed by atoms with Gasteiger partial charge in [0.2, 0.25) is 0 Å². The minimum atomic E-state index is -3.04. The summed E-state index contributed by atoms with van der Waals surface area (Å²) >= 11 is 0. The molecule has 5 nitrogen and oxygen atoms in total. The molecular formula is C14H19NO4S. The van der Waals surface area contributed by atoms with Crippen molar-refractivity contribution >= 4 is 20.8 Å². The van der Waals surface area contributed by atoms with E-state index in [9.17, 15) is 8.42 Å². The van der Waals surface area contributed by atoms with Crippen LogP contribution in [0.3, 0.4) is 0 Å². The number of hydrogen-bond donors (Lipinski definition) is 1. The second-order valence-corrected chi connectivity index (χ2v) is 6.86. The largest absolute Gasteiger partial charge is 0.488 e. The lowest BCUT2D eigenvalue weighted by Crippen LogP contribution is -2.17. The van der Waals surface area contributed by atoms with Crippen LogP contribution in [0.4, 0.5) is 0 Å². The van der Waals surface area contributed by atoms with E-state index in [0.29, 0.717) is 23.5 Å². The zero-order chi connectivity index (χ0) is 14.6. The van der Waals surface area contributed by atoms with Gasteiger partial charge in [0.1, 0.15) is 12.2 Å². The molecule has 2 rings (SSSR count). The van der Waals surface area contributed by atoms with Gasteiger partial charge in [-0.15, -0.1) is 0 Å². The number of furan rings is 1. The van der Waals surface area contributed by atoms with Gasteiger partial charge in [0.15, 0.2) is 21.3 Å². The fourth-order valence-electron chi connectivity index (χ4n) is 2.05. The molecular weight excluding hydrogens is 278 g/mol. The van der Waals surface area contributed by atoms with Crippen molar-refractivity contribution in [2.45, 2.75) is 19.9 Å². The standard InChI is InChI=1S/C14H19NO4S/c1-2-8-20(16,17)9-7-18-14-11-5-3-4-6-12(11)19-13(14)10-15/h3-6H,2,7-10,15H2,1H3. The van der Waals surface area contributed by atoms with Gasteiger partial charge < -0.3 is 14.9 Å². The van der Waals surface area contributed by atoms with Crippen molar-refractivity contribution in [3.8, 4) is 5.75 Å². The lowest BCUT2D eigenvalue weighted by Gasteiger charge is -2.06. The fraction of sp³-hybridized carbons (Fsp3) is 0.429. The van der Waals surface area contributed by atoms with E-state index in [4.69, 9.17) is 14.9 Å². The van der Waals surface area contributed by atoms with Crippen LogP contribution in [0.5, 0.6) is 5.75 Å². The maximum atomic E-state index is 11.6. The molecule has 1 aromatic carbocycles. The summed E-state index contributed by atoms with van der Waals surface area (Å²) in [7, 11) is -3.04. The minimum absolute atomic E-state index is 0.00432. The zero-order valence-corrected chi connectivity index (χ0v) is 12.3. The van der Waals surface area contributed by atoms with Crippen molar-refractivity contribution in [2.75, 3.05) is 18.1 Å². The van der Waals surface area contributed by atoms with Crippen LogP contribution < -0.4 is 10.5 Å². The minimum Gasteiger partial charge on any atom is -0.488 e. The molecule has 6 heteroatoms. The maximum Gasteiger partial charge on any atom is 0.169 e. The van der Waals surface area contributed by atoms with Gasteiger partial charge in [-0.3, -0.25) is 0 Å². The monoisotopic (exact) mass is 297 g/mol. The predicted octanol–water partition coefficient (Wildman–Crippen LogP) is 2.10. The molecule has 0 amide bonds. The van der Waals surface area contributed by atoms with E-state index in [0.717, 1.165) is 5.39 Å². The van der Waals surface area contributed by atoms with Gasteiger partial charge >= 0.3 is 0 Å². The molecule has 0 radical (unpaired) electrons. The molecule has 0 saturated heterocycles. The first-order valence-corrected chi connectivity index (χ1v) is 8.43. The number of para-hydroxylation sites is 1. The van der Waals surface area contributed by atoms with Crippen LogP contribution in [0.2, 0.25) is 0 Å². The Morgan fingerprint density at radius 2 is 2.00 bits per heavy atom. The highest BCUT2D eigenvalue weighted by atomic mass is 32.2. The third-order valence-corrected chi connectivity index (χ3v) is 4.78. The van der Waals surface area contributed by atoms with Crippen molar-refractivity contribution in [3.05, 3.63) is 30.0 Å². The molecule has 0 fully saturated rings. The maximum absolute atomic E-state index is 11.6. The first-order valence-electron chi connectivity index (χ1n) is 6.61. The average molecular weight is 297 g/mol. The molecule has 0 aliphatic carbocycles. The summed E-state index contributed by atoms with van der Waals surface area (Å²) in [5, 5.41) is 0.820. The van der Waals surface area contributed by atoms with Crippen molar-refractivity contribution in [1.29, 1.82) is 0 Å². The molecule has 20 heavy (non-hydrogen) atoms. The van der Waals surface area contributed by atoms with Crippen molar-refractivity contribution in [1.82, 2.24) is 0 Å². The van der Waals surface area contributed by atoms with Crippen molar-refractivity contribution < 1.29 is 17.6 Å². The van der Waals surface area contributed by atoms with Crippen molar-refractivity contribution in [2.24, 2.45) is 5.73 Å². The van der Waals surface area contributed by atoms with Crippen LogP contribution in [0.1, 0.15) is 19.1 Å². The molecule has 0 spiro atoms. The molecule has 0 unspecified atom stereocenters. The van der Waals surface area contributed by atoms with E-state index in [2.05, 4.69) is 0 Å². The molecule has 0 aliphatic rings. The van der Waals surface area contributed by atoms with Crippen LogP contribution in [0.25, 0.3) is 11.0 Å². The predicted molar refractivity (Wildman–Crippen MR) is 78.5 cm³/mol. The van der Waals surface area contributed by atoms with Crippen LogP contribution in [-0.4, -0.2) is 26.5 Å². The molecule has 0 atom stereocenters. The Hall–Kier alpha value is -1.53. The van der Waals surface area contributed by atoms with Gasteiger partial charge in [-0.2, -0.15) is 0 Å². The number of nitrogens with two attached hydrogens (primary N) is 1. The van der Waals surface area contributed by atoms with Crippen LogP contribution >= 0.6 is 0 Å². The highest BCUT2D eigenvalue weighted by molar-refractivity contribution is 7.91. The Bertz CT molecular complexity index is 676. The number of benzene rings is 1. The number of rotatable bonds is 7. The van der Waals surface area contributed by atoms with Crippen LogP contribution in [0, 0.1) is 0 Å². The lowest BCUT2D eigenvalue weighted by atomic mass is 10.2. The SMILES string of the molecule is CCCS(=O)(=O)CCOc1c(CN)oc2ccccc12. The van der Waals surface area contributed by atoms with Gasteiger partial charge in [-0.25, -0.2) is 8.42 Å². The van der Waals surface area contributed by atoms with E-state index in [1.807, 2.05) is 31.2 Å². The summed E-state index contributed by atoms with van der Waals surface area (Å²) in [6.07, 6.45) is 0.616. The fourth-order valence-corrected chi connectivity index (χ4v) is 3.21. The first-order chi connectivity index (χ1) is 9.57. The Morgan fingerprint density at radius 3 is 2.70 bits per heavy atom. The molecule has 0 saturated carbocycles. The Morgan fingerprint density at radius 1 is 1.25 bits per heavy atom. The second kappa shape index (κ2) is 6.28. The number of fused-ring (bicyclic) bond motifs is 1. The highest BCUT2D eigenvalue weighted by Gasteiger charge is 2.15. The lowest BCUT2D eigenvalue weighted by molar-refractivity contribution is 0.331. The molecule has 0 bridgehead atoms. The molecule has 2 N–H and O–H groups in total. The summed E-state index contributed by atoms with van der Waals surface area (Å²) in [4.78, 5) is 0. The summed E-state index contributed by atoms with van der Waals surface area (Å²) in [6.45, 7) is 2.17. The average Bonchev–Trinajstić information content (AvgIpc) is 2.77. The van der Waals surface area contributed by atoms with E-state index in [-0.39, 0.29) is 24.7 Å². The van der Waals surface area contributed by atoms with Gasteiger partial charge in [0.05, 0.1) is 23.4 Å². The third-order valence-electron chi connectivity index (χ3n) is 2.96. The van der Waals surface area contributed by atoms with Gasteiger partial charge in [0.25, 0.3) is 0 Å². The molecule has 2 aromatic rings. The molecule has 110 valence electrons. The summed E-state index contributed by atoms with van der Waals surface area (Å²) in [6, 6.07) is 7.43. The topological polar surface area (TPSA) is 82.5 Å². The first kappa shape index (κ1) is 14.9. The van der Waals surface area contributed by atoms with Gasteiger partial charge in [-0.05, 0) is 18.6 Å². The second-order valence-electron chi connectivity index (χ2n) is 4.55. The van der Waals surface area contributed by atoms with Crippen LogP contribution in [-0.2, 0) is 16.4 Å². The smallest absolute Gasteiger partial charge is 0.169 e. The van der Waals surface area contributed by atoms with Crippen molar-refractivity contribution in [3.63, 3.8) is 0 Å². The zero-order valence-electron chi connectivity index (χ0n) is 11.5. The summed E-state index contributed by atoms with van der Waals surface area (Å²) in [5.41, 5.74) is 6.32.